The number of anilines is 1. The molecule has 2 aliphatic rings. The number of carboxylic acid groups (broad SMARTS) is 1. The SMILES string of the molecule is Cc1ccccc1.Cc1cccs1.O=C1CCC(=O)Nc2ccc(cc2)C[C@@H](C(=O)O)NC(=O)CNC(=O)[C@@H](Cc2ccc(-c3ccccc3)cc2)NC(=O)CN1. The first-order valence-corrected chi connectivity index (χ1v) is 19.2. The van der Waals surface area contributed by atoms with E-state index in [4.69, 9.17) is 0 Å². The first-order chi connectivity index (χ1) is 27.4. The van der Waals surface area contributed by atoms with Gasteiger partial charge in [0.1, 0.15) is 12.1 Å². The van der Waals surface area contributed by atoms with Crippen LogP contribution in [0.5, 0.6) is 0 Å². The summed E-state index contributed by atoms with van der Waals surface area (Å²) in [5, 5.41) is 24.3. The third-order valence-corrected chi connectivity index (χ3v) is 9.32. The Morgan fingerprint density at radius 2 is 1.25 bits per heavy atom. The van der Waals surface area contributed by atoms with Gasteiger partial charge in [0, 0.05) is 36.2 Å². The summed E-state index contributed by atoms with van der Waals surface area (Å²) in [6.45, 7) is 3.23. The molecule has 2 bridgehead atoms. The standard InChI is InChI=1S/C32H33N5O7.C7H8.C5H6S/c38-27-14-15-28(39)35-24-12-8-21(9-13-24)17-26(32(43)44)37-30(41)19-34-31(42)25(36-29(40)18-33-27)16-20-6-10-23(11-7-20)22-4-2-1-3-5-22;1-7-5-3-2-4-6-7;1-5-3-2-4-6-5/h1-13,25-26H,14-19H2,(H,33,38)(H,34,42)(H,35,39)(H,36,40)(H,37,41)(H,43,44);2-6H,1H3;2-4H,1H3/t25-,26+;;/m1../s1. The lowest BCUT2D eigenvalue weighted by molar-refractivity contribution is -0.141. The molecule has 6 N–H and O–H groups in total. The highest BCUT2D eigenvalue weighted by Gasteiger charge is 2.25. The second-order valence-corrected chi connectivity index (χ2v) is 14.3. The third kappa shape index (κ3) is 16.0. The number of fused-ring (bicyclic) bond motifs is 18. The maximum absolute atomic E-state index is 13.2. The molecule has 5 aromatic rings. The van der Waals surface area contributed by atoms with Gasteiger partial charge in [-0.3, -0.25) is 24.0 Å². The normalized spacial score (nSPS) is 16.6. The molecular weight excluding hydrogens is 743 g/mol. The van der Waals surface area contributed by atoms with Gasteiger partial charge in [-0.05, 0) is 59.7 Å². The Balaban J connectivity index is 0.000000465. The monoisotopic (exact) mass is 789 g/mol. The molecule has 0 saturated heterocycles. The molecule has 12 nitrogen and oxygen atoms in total. The Kier molecular flexibility index (Phi) is 17.2. The second-order valence-electron chi connectivity index (χ2n) is 13.2. The number of thiophene rings is 1. The topological polar surface area (TPSA) is 183 Å². The molecule has 5 amide bonds. The molecule has 0 saturated carbocycles. The Morgan fingerprint density at radius 1 is 0.649 bits per heavy atom. The van der Waals surface area contributed by atoms with Gasteiger partial charge in [-0.15, -0.1) is 11.3 Å². The number of rotatable bonds is 4. The summed E-state index contributed by atoms with van der Waals surface area (Å²) in [6.07, 6.45) is -0.258. The van der Waals surface area contributed by atoms with Gasteiger partial charge in [-0.1, -0.05) is 109 Å². The minimum atomic E-state index is -1.27. The summed E-state index contributed by atoms with van der Waals surface area (Å²) >= 11 is 1.78. The van der Waals surface area contributed by atoms with E-state index < -0.39 is 60.7 Å². The number of hydrogen-bond donors (Lipinski definition) is 6. The highest BCUT2D eigenvalue weighted by molar-refractivity contribution is 7.09. The molecule has 0 fully saturated rings. The molecule has 4 aromatic carbocycles. The Labute approximate surface area is 336 Å². The van der Waals surface area contributed by atoms with Gasteiger partial charge in [0.05, 0.1) is 13.1 Å². The quantitative estimate of drug-likeness (QED) is 0.135. The van der Waals surface area contributed by atoms with Gasteiger partial charge in [0.25, 0.3) is 0 Å². The molecule has 2 aliphatic heterocycles. The van der Waals surface area contributed by atoms with E-state index in [1.807, 2.05) is 72.8 Å². The van der Waals surface area contributed by atoms with Crippen LogP contribution in [-0.2, 0) is 41.6 Å². The lowest BCUT2D eigenvalue weighted by Crippen LogP contribution is -2.53. The minimum absolute atomic E-state index is 0.0406. The summed E-state index contributed by atoms with van der Waals surface area (Å²) in [4.78, 5) is 76.3. The Morgan fingerprint density at radius 3 is 1.81 bits per heavy atom. The fourth-order valence-corrected chi connectivity index (χ4v) is 5.99. The van der Waals surface area contributed by atoms with Gasteiger partial charge in [0.15, 0.2) is 0 Å². The summed E-state index contributed by atoms with van der Waals surface area (Å²) in [7, 11) is 0. The molecule has 57 heavy (non-hydrogen) atoms. The summed E-state index contributed by atoms with van der Waals surface area (Å²) < 4.78 is 0. The third-order valence-electron chi connectivity index (χ3n) is 8.52. The van der Waals surface area contributed by atoms with E-state index in [9.17, 15) is 33.9 Å². The van der Waals surface area contributed by atoms with Crippen molar-refractivity contribution in [3.8, 4) is 11.1 Å². The number of carbonyl (C=O) groups excluding carboxylic acids is 5. The van der Waals surface area contributed by atoms with Gasteiger partial charge in [-0.2, -0.15) is 0 Å². The highest BCUT2D eigenvalue weighted by atomic mass is 32.1. The van der Waals surface area contributed by atoms with Crippen LogP contribution >= 0.6 is 11.3 Å². The second kappa shape index (κ2) is 22.7. The smallest absolute Gasteiger partial charge is 0.326 e. The maximum Gasteiger partial charge on any atom is 0.326 e. The molecule has 296 valence electrons. The molecule has 1 aromatic heterocycles. The fourth-order valence-electron chi connectivity index (χ4n) is 5.46. The van der Waals surface area contributed by atoms with Crippen LogP contribution in [0.2, 0.25) is 0 Å². The van der Waals surface area contributed by atoms with E-state index in [0.29, 0.717) is 11.3 Å². The first-order valence-electron chi connectivity index (χ1n) is 18.4. The number of aliphatic carboxylic acids is 1. The van der Waals surface area contributed by atoms with Crippen molar-refractivity contribution in [2.75, 3.05) is 18.4 Å². The van der Waals surface area contributed by atoms with Crippen molar-refractivity contribution in [1.29, 1.82) is 0 Å². The lowest BCUT2D eigenvalue weighted by atomic mass is 10.00. The van der Waals surface area contributed by atoms with Crippen LogP contribution in [0.4, 0.5) is 5.69 Å². The number of benzene rings is 4. The lowest BCUT2D eigenvalue weighted by Gasteiger charge is -2.20. The van der Waals surface area contributed by atoms with Crippen LogP contribution in [0.3, 0.4) is 0 Å². The van der Waals surface area contributed by atoms with E-state index in [1.165, 1.54) is 10.4 Å². The van der Waals surface area contributed by atoms with Crippen molar-refractivity contribution in [3.05, 3.63) is 148 Å². The van der Waals surface area contributed by atoms with Gasteiger partial charge >= 0.3 is 5.97 Å². The predicted molar refractivity (Wildman–Crippen MR) is 221 cm³/mol. The van der Waals surface area contributed by atoms with Crippen molar-refractivity contribution < 1.29 is 33.9 Å². The highest BCUT2D eigenvalue weighted by Crippen LogP contribution is 2.20. The van der Waals surface area contributed by atoms with Crippen molar-refractivity contribution in [1.82, 2.24) is 21.3 Å². The molecule has 2 atom stereocenters. The molecule has 0 spiro atoms. The largest absolute Gasteiger partial charge is 0.480 e. The van der Waals surface area contributed by atoms with E-state index in [0.717, 1.165) is 16.7 Å². The van der Waals surface area contributed by atoms with E-state index >= 15 is 0 Å². The van der Waals surface area contributed by atoms with Gasteiger partial charge < -0.3 is 31.7 Å². The fraction of sp³-hybridized carbons (Fsp3) is 0.227. The van der Waals surface area contributed by atoms with Crippen LogP contribution in [0.15, 0.2) is 127 Å². The Bertz CT molecular complexity index is 2060. The number of carboxylic acids is 1. The zero-order valence-electron chi connectivity index (χ0n) is 31.8. The zero-order valence-corrected chi connectivity index (χ0v) is 32.6. The van der Waals surface area contributed by atoms with Crippen LogP contribution in [0, 0.1) is 13.8 Å². The molecule has 3 heterocycles. The van der Waals surface area contributed by atoms with E-state index in [-0.39, 0.29) is 25.7 Å². The van der Waals surface area contributed by atoms with E-state index in [2.05, 4.69) is 70.1 Å². The van der Waals surface area contributed by atoms with Crippen molar-refractivity contribution >= 4 is 52.5 Å². The van der Waals surface area contributed by atoms with Crippen LogP contribution < -0.4 is 26.6 Å². The summed E-state index contributed by atoms with van der Waals surface area (Å²) in [6, 6.07) is 35.6. The summed E-state index contributed by atoms with van der Waals surface area (Å²) in [5.41, 5.74) is 5.06. The molecule has 7 rings (SSSR count). The minimum Gasteiger partial charge on any atom is -0.480 e. The molecule has 0 radical (unpaired) electrons. The molecule has 0 aliphatic carbocycles. The van der Waals surface area contributed by atoms with Crippen molar-refractivity contribution in [3.63, 3.8) is 0 Å². The van der Waals surface area contributed by atoms with E-state index in [1.54, 1.807) is 35.6 Å². The van der Waals surface area contributed by atoms with Gasteiger partial charge in [-0.25, -0.2) is 4.79 Å². The number of hydrogen-bond acceptors (Lipinski definition) is 7. The van der Waals surface area contributed by atoms with Crippen molar-refractivity contribution in [2.45, 2.75) is 51.6 Å². The number of carbonyl (C=O) groups is 6. The average molecular weight is 790 g/mol. The maximum atomic E-state index is 13.2. The van der Waals surface area contributed by atoms with Gasteiger partial charge in [0.2, 0.25) is 29.5 Å². The Hall–Kier alpha value is -6.60. The predicted octanol–water partition coefficient (Wildman–Crippen LogP) is 5.21. The zero-order chi connectivity index (χ0) is 41.0. The number of aryl methyl sites for hydroxylation is 2. The summed E-state index contributed by atoms with van der Waals surface area (Å²) in [5.74, 6) is -4.26. The molecule has 13 heteroatoms. The molecule has 0 unspecified atom stereocenters. The average Bonchev–Trinajstić information content (AvgIpc) is 3.70. The first kappa shape index (κ1) is 43.1. The van der Waals surface area contributed by atoms with Crippen LogP contribution in [0.25, 0.3) is 11.1 Å². The van der Waals surface area contributed by atoms with Crippen LogP contribution in [-0.4, -0.2) is 65.8 Å². The van der Waals surface area contributed by atoms with Crippen molar-refractivity contribution in [2.24, 2.45) is 0 Å². The van der Waals surface area contributed by atoms with Crippen LogP contribution in [0.1, 0.15) is 34.4 Å². The number of nitrogens with one attached hydrogen (secondary N) is 5. The number of amides is 5. The molecular formula is C44H47N5O7S.